The summed E-state index contributed by atoms with van der Waals surface area (Å²) in [5.74, 6) is -1.94. The summed E-state index contributed by atoms with van der Waals surface area (Å²) in [5, 5.41) is 1.80. The molecule has 3 nitrogen and oxygen atoms in total. The largest absolute Gasteiger partial charge is 0.471 e. The van der Waals surface area contributed by atoms with E-state index >= 15 is 0 Å². The summed E-state index contributed by atoms with van der Waals surface area (Å²) >= 11 is 0. The number of carbonyl (C=O) groups is 1. The third-order valence-corrected chi connectivity index (χ3v) is 2.01. The van der Waals surface area contributed by atoms with Gasteiger partial charge in [-0.15, -0.1) is 0 Å². The predicted octanol–water partition coefficient (Wildman–Crippen LogP) is 2.01. The van der Waals surface area contributed by atoms with E-state index in [1.165, 1.54) is 7.11 Å². The Kier molecular flexibility index (Phi) is 4.51. The molecule has 0 aliphatic rings. The number of ether oxygens (including phenoxy) is 1. The van der Waals surface area contributed by atoms with Gasteiger partial charge in [0.1, 0.15) is 0 Å². The molecule has 1 rings (SSSR count). The minimum Gasteiger partial charge on any atom is -0.380 e. The standard InChI is InChI=1S/C11H12F3NO2/c1-17-7-9-4-2-3-8(5-9)6-15-10(16)11(12,13)14/h2-5H,6-7H2,1H3,(H,15,16). The van der Waals surface area contributed by atoms with Crippen molar-refractivity contribution in [3.05, 3.63) is 35.4 Å². The van der Waals surface area contributed by atoms with Crippen molar-refractivity contribution in [3.63, 3.8) is 0 Å². The molecule has 0 unspecified atom stereocenters. The summed E-state index contributed by atoms with van der Waals surface area (Å²) in [6.07, 6.45) is -4.84. The van der Waals surface area contributed by atoms with Gasteiger partial charge in [-0.2, -0.15) is 13.2 Å². The monoisotopic (exact) mass is 247 g/mol. The molecule has 17 heavy (non-hydrogen) atoms. The number of rotatable bonds is 4. The van der Waals surface area contributed by atoms with Gasteiger partial charge in [0.05, 0.1) is 6.61 Å². The SMILES string of the molecule is COCc1cccc(CNC(=O)C(F)(F)F)c1. The van der Waals surface area contributed by atoms with E-state index in [1.807, 2.05) is 0 Å². The van der Waals surface area contributed by atoms with Crippen molar-refractivity contribution in [1.82, 2.24) is 5.32 Å². The lowest BCUT2D eigenvalue weighted by molar-refractivity contribution is -0.173. The highest BCUT2D eigenvalue weighted by Crippen LogP contribution is 2.14. The third kappa shape index (κ3) is 4.44. The lowest BCUT2D eigenvalue weighted by Gasteiger charge is -2.08. The lowest BCUT2D eigenvalue weighted by atomic mass is 10.1. The van der Waals surface area contributed by atoms with Gasteiger partial charge in [0, 0.05) is 13.7 Å². The van der Waals surface area contributed by atoms with Gasteiger partial charge in [-0.05, 0) is 11.1 Å². The van der Waals surface area contributed by atoms with E-state index in [9.17, 15) is 18.0 Å². The first-order valence-electron chi connectivity index (χ1n) is 4.85. The molecule has 0 radical (unpaired) electrons. The van der Waals surface area contributed by atoms with Crippen LogP contribution in [0.15, 0.2) is 24.3 Å². The van der Waals surface area contributed by atoms with Gasteiger partial charge in [-0.25, -0.2) is 0 Å². The zero-order valence-corrected chi connectivity index (χ0v) is 9.17. The maximum Gasteiger partial charge on any atom is 0.471 e. The summed E-state index contributed by atoms with van der Waals surface area (Å²) in [4.78, 5) is 10.6. The summed E-state index contributed by atoms with van der Waals surface area (Å²) in [6.45, 7) is 0.219. The average Bonchev–Trinajstić information content (AvgIpc) is 2.25. The number of methoxy groups -OCH3 is 1. The van der Waals surface area contributed by atoms with Gasteiger partial charge in [0.15, 0.2) is 0 Å². The van der Waals surface area contributed by atoms with Crippen LogP contribution in [0.5, 0.6) is 0 Å². The Balaban J connectivity index is 2.57. The third-order valence-electron chi connectivity index (χ3n) is 2.01. The van der Waals surface area contributed by atoms with Crippen LogP contribution < -0.4 is 5.32 Å². The maximum atomic E-state index is 11.9. The molecule has 1 aromatic rings. The Hall–Kier alpha value is -1.56. The Morgan fingerprint density at radius 2 is 2.00 bits per heavy atom. The van der Waals surface area contributed by atoms with Crippen molar-refractivity contribution in [2.45, 2.75) is 19.3 Å². The minimum atomic E-state index is -4.84. The van der Waals surface area contributed by atoms with Crippen LogP contribution in [0.4, 0.5) is 13.2 Å². The zero-order valence-electron chi connectivity index (χ0n) is 9.17. The average molecular weight is 247 g/mol. The molecule has 1 amide bonds. The second kappa shape index (κ2) is 5.67. The van der Waals surface area contributed by atoms with Crippen molar-refractivity contribution < 1.29 is 22.7 Å². The van der Waals surface area contributed by atoms with Crippen LogP contribution in [0.25, 0.3) is 0 Å². The van der Waals surface area contributed by atoms with Crippen LogP contribution in [-0.2, 0) is 22.7 Å². The van der Waals surface area contributed by atoms with E-state index in [2.05, 4.69) is 0 Å². The molecule has 0 atom stereocenters. The molecule has 0 saturated carbocycles. The van der Waals surface area contributed by atoms with Crippen molar-refractivity contribution in [3.8, 4) is 0 Å². The summed E-state index contributed by atoms with van der Waals surface area (Å²) in [7, 11) is 1.53. The first kappa shape index (κ1) is 13.5. The summed E-state index contributed by atoms with van der Waals surface area (Å²) < 4.78 is 40.7. The highest BCUT2D eigenvalue weighted by Gasteiger charge is 2.38. The Labute approximate surface area is 96.6 Å². The molecule has 1 N–H and O–H groups in total. The van der Waals surface area contributed by atoms with Gasteiger partial charge in [0.2, 0.25) is 0 Å². The van der Waals surface area contributed by atoms with E-state index in [4.69, 9.17) is 4.74 Å². The maximum absolute atomic E-state index is 11.9. The van der Waals surface area contributed by atoms with Crippen LogP contribution in [-0.4, -0.2) is 19.2 Å². The molecule has 0 fully saturated rings. The van der Waals surface area contributed by atoms with E-state index < -0.39 is 12.1 Å². The van der Waals surface area contributed by atoms with E-state index in [-0.39, 0.29) is 6.54 Å². The molecular formula is C11H12F3NO2. The van der Waals surface area contributed by atoms with Gasteiger partial charge >= 0.3 is 12.1 Å². The number of halogens is 3. The number of benzene rings is 1. The summed E-state index contributed by atoms with van der Waals surface area (Å²) in [6, 6.07) is 6.80. The summed E-state index contributed by atoms with van der Waals surface area (Å²) in [5.41, 5.74) is 1.43. The highest BCUT2D eigenvalue weighted by molar-refractivity contribution is 5.81. The fourth-order valence-electron chi connectivity index (χ4n) is 1.28. The van der Waals surface area contributed by atoms with Gasteiger partial charge in [-0.1, -0.05) is 24.3 Å². The molecule has 0 heterocycles. The first-order valence-corrected chi connectivity index (χ1v) is 4.85. The molecule has 94 valence electrons. The minimum absolute atomic E-state index is 0.157. The van der Waals surface area contributed by atoms with Crippen molar-refractivity contribution in [2.24, 2.45) is 0 Å². The topological polar surface area (TPSA) is 38.3 Å². The molecule has 0 aromatic heterocycles. The smallest absolute Gasteiger partial charge is 0.380 e. The van der Waals surface area contributed by atoms with E-state index in [1.54, 1.807) is 29.6 Å². The molecule has 0 bridgehead atoms. The quantitative estimate of drug-likeness (QED) is 0.883. The van der Waals surface area contributed by atoms with Crippen molar-refractivity contribution in [1.29, 1.82) is 0 Å². The molecule has 0 spiro atoms. The second-order valence-electron chi connectivity index (χ2n) is 3.43. The Morgan fingerprint density at radius 1 is 1.35 bits per heavy atom. The highest BCUT2D eigenvalue weighted by atomic mass is 19.4. The molecule has 0 aliphatic heterocycles. The van der Waals surface area contributed by atoms with Gasteiger partial charge in [-0.3, -0.25) is 4.79 Å². The van der Waals surface area contributed by atoms with Gasteiger partial charge in [0.25, 0.3) is 0 Å². The Bertz CT molecular complexity index is 391. The van der Waals surface area contributed by atoms with Crippen molar-refractivity contribution >= 4 is 5.91 Å². The zero-order chi connectivity index (χ0) is 12.9. The van der Waals surface area contributed by atoms with Gasteiger partial charge < -0.3 is 10.1 Å². The number of carbonyl (C=O) groups excluding carboxylic acids is 1. The normalized spacial score (nSPS) is 11.3. The van der Waals surface area contributed by atoms with Crippen LogP contribution in [0.1, 0.15) is 11.1 Å². The lowest BCUT2D eigenvalue weighted by Crippen LogP contribution is -2.36. The fraction of sp³-hybridized carbons (Fsp3) is 0.364. The van der Waals surface area contributed by atoms with Crippen LogP contribution in [0.2, 0.25) is 0 Å². The molecule has 6 heteroatoms. The molecule has 1 aromatic carbocycles. The van der Waals surface area contributed by atoms with Crippen molar-refractivity contribution in [2.75, 3.05) is 7.11 Å². The Morgan fingerprint density at radius 3 is 2.59 bits per heavy atom. The number of alkyl halides is 3. The van der Waals surface area contributed by atoms with E-state index in [0.29, 0.717) is 12.2 Å². The molecular weight excluding hydrogens is 235 g/mol. The number of nitrogens with one attached hydrogen (secondary N) is 1. The van der Waals surface area contributed by atoms with Crippen LogP contribution in [0.3, 0.4) is 0 Å². The second-order valence-corrected chi connectivity index (χ2v) is 3.43. The first-order chi connectivity index (χ1) is 7.93. The molecule has 0 saturated heterocycles. The molecule has 0 aliphatic carbocycles. The van der Waals surface area contributed by atoms with E-state index in [0.717, 1.165) is 5.56 Å². The van der Waals surface area contributed by atoms with Crippen LogP contribution in [0, 0.1) is 0 Å². The number of hydrogen-bond donors (Lipinski definition) is 1. The number of amides is 1. The van der Waals surface area contributed by atoms with Crippen LogP contribution >= 0.6 is 0 Å². The fourth-order valence-corrected chi connectivity index (χ4v) is 1.28. The predicted molar refractivity (Wildman–Crippen MR) is 55.1 cm³/mol. The number of hydrogen-bond acceptors (Lipinski definition) is 2.